The Kier molecular flexibility index (Phi) is 5.63. The monoisotopic (exact) mass is 416 g/mol. The van der Waals surface area contributed by atoms with Crippen LogP contribution >= 0.6 is 0 Å². The number of aliphatic hydroxyl groups excluding tert-OH is 1. The number of rotatable bonds is 7. The summed E-state index contributed by atoms with van der Waals surface area (Å²) in [6, 6.07) is 13.8. The van der Waals surface area contributed by atoms with E-state index in [4.69, 9.17) is 0 Å². The van der Waals surface area contributed by atoms with Crippen molar-refractivity contribution in [2.75, 3.05) is 11.9 Å². The number of aryl methyl sites for hydroxylation is 1. The van der Waals surface area contributed by atoms with Crippen molar-refractivity contribution in [3.05, 3.63) is 59.8 Å². The van der Waals surface area contributed by atoms with Crippen LogP contribution in [0.5, 0.6) is 0 Å². The fraction of sp³-hybridized carbons (Fsp3) is 0.346. The zero-order chi connectivity index (χ0) is 22.2. The molecule has 2 aromatic carbocycles. The summed E-state index contributed by atoms with van der Waals surface area (Å²) in [6.45, 7) is 5.77. The van der Waals surface area contributed by atoms with Crippen LogP contribution in [0.1, 0.15) is 49.0 Å². The average molecular weight is 417 g/mol. The Hall–Kier alpha value is -3.05. The van der Waals surface area contributed by atoms with Crippen LogP contribution in [0, 0.1) is 18.3 Å². The first-order valence-electron chi connectivity index (χ1n) is 10.7. The molecule has 1 aromatic heterocycles. The lowest BCUT2D eigenvalue weighted by molar-refractivity contribution is -0.117. The third-order valence-electron chi connectivity index (χ3n) is 5.86. The lowest BCUT2D eigenvalue weighted by Crippen LogP contribution is -2.21. The number of carbonyl (C=O) groups is 2. The van der Waals surface area contributed by atoms with E-state index in [2.05, 4.69) is 16.4 Å². The topological polar surface area (TPSA) is 79.3 Å². The van der Waals surface area contributed by atoms with Gasteiger partial charge >= 0.3 is 0 Å². The van der Waals surface area contributed by atoms with Gasteiger partial charge in [0.25, 0.3) is 0 Å². The van der Waals surface area contributed by atoms with Crippen LogP contribution in [-0.2, 0) is 4.79 Å². The van der Waals surface area contributed by atoms with E-state index < -0.39 is 5.41 Å². The normalized spacial score (nSPS) is 13.9. The number of pyridine rings is 1. The van der Waals surface area contributed by atoms with Crippen molar-refractivity contribution in [3.63, 3.8) is 0 Å². The summed E-state index contributed by atoms with van der Waals surface area (Å²) in [4.78, 5) is 29.1. The molecule has 5 nitrogen and oxygen atoms in total. The van der Waals surface area contributed by atoms with E-state index in [-0.39, 0.29) is 24.2 Å². The van der Waals surface area contributed by atoms with Crippen molar-refractivity contribution >= 4 is 28.3 Å². The summed E-state index contributed by atoms with van der Waals surface area (Å²) in [5.41, 5.74) is 3.30. The Morgan fingerprint density at radius 1 is 1.10 bits per heavy atom. The van der Waals surface area contributed by atoms with E-state index >= 15 is 0 Å². The number of hydrogen-bond donors (Lipinski definition) is 2. The quantitative estimate of drug-likeness (QED) is 0.522. The summed E-state index contributed by atoms with van der Waals surface area (Å²) in [5, 5.41) is 14.3. The van der Waals surface area contributed by atoms with Crippen molar-refractivity contribution in [1.29, 1.82) is 0 Å². The Balaban J connectivity index is 1.61. The number of aromatic nitrogens is 1. The molecule has 1 saturated carbocycles. The highest BCUT2D eigenvalue weighted by atomic mass is 16.3. The van der Waals surface area contributed by atoms with Gasteiger partial charge < -0.3 is 10.4 Å². The minimum absolute atomic E-state index is 0.0267. The number of amides is 1. The second-order valence-corrected chi connectivity index (χ2v) is 9.35. The summed E-state index contributed by atoms with van der Waals surface area (Å²) in [5.74, 6) is 0.789. The zero-order valence-electron chi connectivity index (χ0n) is 18.2. The molecular weight excluding hydrogens is 388 g/mol. The molecule has 0 saturated heterocycles. The fourth-order valence-corrected chi connectivity index (χ4v) is 3.65. The van der Waals surface area contributed by atoms with E-state index in [1.165, 1.54) is 0 Å². The van der Waals surface area contributed by atoms with Gasteiger partial charge in [-0.25, -0.2) is 4.98 Å². The maximum absolute atomic E-state index is 12.7. The first-order chi connectivity index (χ1) is 14.8. The molecule has 2 N–H and O–H groups in total. The van der Waals surface area contributed by atoms with Crippen LogP contribution in [-0.4, -0.2) is 28.4 Å². The molecule has 0 spiro atoms. The number of anilines is 1. The van der Waals surface area contributed by atoms with Gasteiger partial charge in [-0.1, -0.05) is 38.1 Å². The molecule has 0 aliphatic heterocycles. The number of nitrogens with zero attached hydrogens (tertiary/aromatic N) is 1. The highest BCUT2D eigenvalue weighted by molar-refractivity contribution is 5.99. The molecule has 0 radical (unpaired) electrons. The number of ketones is 1. The standard InChI is InChI=1S/C26H28N2O3/c1-16-4-5-20(23(30)13-26(2,3)15-29)11-22(16)19-9-8-18-12-24(27-14-21(18)10-19)28-25(31)17-6-7-17/h4-5,8-12,14,17,29H,6-7,13,15H2,1-3H3,(H,27,28,31). The summed E-state index contributed by atoms with van der Waals surface area (Å²) >= 11 is 0. The molecule has 0 bridgehead atoms. The van der Waals surface area contributed by atoms with Gasteiger partial charge in [-0.15, -0.1) is 0 Å². The molecule has 1 heterocycles. The first kappa shape index (κ1) is 21.2. The van der Waals surface area contributed by atoms with Crippen LogP contribution in [0.25, 0.3) is 21.9 Å². The number of fused-ring (bicyclic) bond motifs is 1. The molecule has 5 heteroatoms. The smallest absolute Gasteiger partial charge is 0.228 e. The molecule has 3 aromatic rings. The number of aliphatic hydroxyl groups is 1. The molecule has 31 heavy (non-hydrogen) atoms. The van der Waals surface area contributed by atoms with Crippen LogP contribution in [0.4, 0.5) is 5.82 Å². The Morgan fingerprint density at radius 2 is 1.87 bits per heavy atom. The minimum Gasteiger partial charge on any atom is -0.396 e. The highest BCUT2D eigenvalue weighted by Gasteiger charge is 2.29. The van der Waals surface area contributed by atoms with E-state index in [0.29, 0.717) is 17.8 Å². The maximum Gasteiger partial charge on any atom is 0.228 e. The summed E-state index contributed by atoms with van der Waals surface area (Å²) in [7, 11) is 0. The van der Waals surface area contributed by atoms with Crippen LogP contribution in [0.3, 0.4) is 0 Å². The van der Waals surface area contributed by atoms with E-state index in [0.717, 1.165) is 40.3 Å². The van der Waals surface area contributed by atoms with Crippen molar-refractivity contribution < 1.29 is 14.7 Å². The van der Waals surface area contributed by atoms with Crippen LogP contribution in [0.15, 0.2) is 48.7 Å². The molecule has 4 rings (SSSR count). The van der Waals surface area contributed by atoms with E-state index in [1.54, 1.807) is 6.20 Å². The second kappa shape index (κ2) is 8.23. The third-order valence-corrected chi connectivity index (χ3v) is 5.86. The molecule has 0 unspecified atom stereocenters. The highest BCUT2D eigenvalue weighted by Crippen LogP contribution is 2.32. The van der Waals surface area contributed by atoms with Gasteiger partial charge in [0, 0.05) is 36.1 Å². The van der Waals surface area contributed by atoms with Gasteiger partial charge in [0.05, 0.1) is 0 Å². The van der Waals surface area contributed by atoms with Gasteiger partial charge in [0.15, 0.2) is 5.78 Å². The number of Topliss-reactive ketones (excluding diaryl/α,β-unsaturated/α-hetero) is 1. The molecule has 160 valence electrons. The van der Waals surface area contributed by atoms with Crippen LogP contribution < -0.4 is 5.32 Å². The summed E-state index contributed by atoms with van der Waals surface area (Å²) < 4.78 is 0. The predicted molar refractivity (Wildman–Crippen MR) is 123 cm³/mol. The Bertz CT molecular complexity index is 1160. The average Bonchev–Trinajstić information content (AvgIpc) is 3.59. The fourth-order valence-electron chi connectivity index (χ4n) is 3.65. The van der Waals surface area contributed by atoms with Gasteiger partial charge in [-0.3, -0.25) is 9.59 Å². The lowest BCUT2D eigenvalue weighted by Gasteiger charge is -2.20. The molecular formula is C26H28N2O3. The van der Waals surface area contributed by atoms with Crippen molar-refractivity contribution in [3.8, 4) is 11.1 Å². The maximum atomic E-state index is 12.7. The molecule has 0 atom stereocenters. The third kappa shape index (κ3) is 4.83. The lowest BCUT2D eigenvalue weighted by atomic mass is 9.85. The zero-order valence-corrected chi connectivity index (χ0v) is 18.2. The molecule has 1 aliphatic rings. The number of hydrogen-bond acceptors (Lipinski definition) is 4. The summed E-state index contributed by atoms with van der Waals surface area (Å²) in [6.07, 6.45) is 3.99. The minimum atomic E-state index is -0.441. The number of carbonyl (C=O) groups excluding carboxylic acids is 2. The van der Waals surface area contributed by atoms with E-state index in [9.17, 15) is 14.7 Å². The van der Waals surface area contributed by atoms with Gasteiger partial charge in [0.2, 0.25) is 5.91 Å². The SMILES string of the molecule is Cc1ccc(C(=O)CC(C)(C)CO)cc1-c1ccc2cc(NC(=O)C3CC3)ncc2c1. The predicted octanol–water partition coefficient (Wildman–Crippen LogP) is 5.15. The largest absolute Gasteiger partial charge is 0.396 e. The number of benzene rings is 2. The molecule has 1 aliphatic carbocycles. The van der Waals surface area contributed by atoms with Gasteiger partial charge in [-0.2, -0.15) is 0 Å². The second-order valence-electron chi connectivity index (χ2n) is 9.35. The van der Waals surface area contributed by atoms with Crippen LogP contribution in [0.2, 0.25) is 0 Å². The van der Waals surface area contributed by atoms with E-state index in [1.807, 2.05) is 57.2 Å². The molecule has 1 fully saturated rings. The van der Waals surface area contributed by atoms with Gasteiger partial charge in [0.1, 0.15) is 5.82 Å². The first-order valence-corrected chi connectivity index (χ1v) is 10.7. The Labute approximate surface area is 182 Å². The molecule has 1 amide bonds. The number of nitrogens with one attached hydrogen (secondary N) is 1. The Morgan fingerprint density at radius 3 is 2.58 bits per heavy atom. The van der Waals surface area contributed by atoms with Crippen molar-refractivity contribution in [1.82, 2.24) is 4.98 Å². The van der Waals surface area contributed by atoms with Gasteiger partial charge in [-0.05, 0) is 65.5 Å². The van der Waals surface area contributed by atoms with Crippen molar-refractivity contribution in [2.45, 2.75) is 40.0 Å². The van der Waals surface area contributed by atoms with Crippen molar-refractivity contribution in [2.24, 2.45) is 11.3 Å².